The van der Waals surface area contributed by atoms with Crippen molar-refractivity contribution >= 4 is 11.9 Å². The van der Waals surface area contributed by atoms with Crippen LogP contribution in [0.2, 0.25) is 0 Å². The van der Waals surface area contributed by atoms with Gasteiger partial charge in [-0.05, 0) is 26.7 Å². The summed E-state index contributed by atoms with van der Waals surface area (Å²) in [5.74, 6) is -1.04. The summed E-state index contributed by atoms with van der Waals surface area (Å²) in [6.07, 6.45) is 0.696. The molecule has 0 aliphatic carbocycles. The third kappa shape index (κ3) is 5.57. The van der Waals surface area contributed by atoms with Crippen LogP contribution < -0.4 is 0 Å². The average Bonchev–Trinajstić information content (AvgIpc) is 2.64. The van der Waals surface area contributed by atoms with Crippen LogP contribution >= 0.6 is 0 Å². The highest BCUT2D eigenvalue weighted by Gasteiger charge is 2.28. The molecule has 1 saturated heterocycles. The first-order chi connectivity index (χ1) is 8.95. The largest absolute Gasteiger partial charge is 0.453 e. The second-order valence-corrected chi connectivity index (χ2v) is 5.03. The van der Waals surface area contributed by atoms with Gasteiger partial charge in [0, 0.05) is 6.61 Å². The van der Waals surface area contributed by atoms with Crippen LogP contribution in [0.25, 0.3) is 0 Å². The number of carbonyl (C=O) groups excluding carboxylic acids is 2. The first kappa shape index (κ1) is 15.9. The zero-order valence-electron chi connectivity index (χ0n) is 11.8. The van der Waals surface area contributed by atoms with E-state index in [2.05, 4.69) is 0 Å². The lowest BCUT2D eigenvalue weighted by molar-refractivity contribution is -0.191. The Balaban J connectivity index is 2.29. The minimum absolute atomic E-state index is 0.208. The van der Waals surface area contributed by atoms with Gasteiger partial charge in [-0.2, -0.15) is 0 Å². The van der Waals surface area contributed by atoms with Gasteiger partial charge >= 0.3 is 11.9 Å². The molecule has 0 amide bonds. The van der Waals surface area contributed by atoms with Crippen molar-refractivity contribution in [2.45, 2.75) is 39.9 Å². The number of ether oxygens (including phenoxy) is 4. The molecule has 1 heterocycles. The molecule has 110 valence electrons. The summed E-state index contributed by atoms with van der Waals surface area (Å²) in [6.45, 7) is 6.30. The lowest BCUT2D eigenvalue weighted by atomic mass is 9.91. The van der Waals surface area contributed by atoms with Crippen molar-refractivity contribution in [3.8, 4) is 0 Å². The Morgan fingerprint density at radius 3 is 2.74 bits per heavy atom. The Morgan fingerprint density at radius 2 is 2.05 bits per heavy atom. The van der Waals surface area contributed by atoms with Gasteiger partial charge in [0.05, 0.1) is 12.0 Å². The Hall–Kier alpha value is -1.14. The molecule has 1 rings (SSSR count). The lowest BCUT2D eigenvalue weighted by Crippen LogP contribution is -2.31. The SMILES string of the molecule is CCC(C)(C)C(=O)OCC(=O)OC1COCCCO1. The van der Waals surface area contributed by atoms with Gasteiger partial charge in [-0.1, -0.05) is 6.92 Å². The lowest BCUT2D eigenvalue weighted by Gasteiger charge is -2.20. The van der Waals surface area contributed by atoms with Crippen LogP contribution in [0, 0.1) is 5.41 Å². The highest BCUT2D eigenvalue weighted by atomic mass is 16.7. The topological polar surface area (TPSA) is 71.1 Å². The van der Waals surface area contributed by atoms with Gasteiger partial charge < -0.3 is 18.9 Å². The molecule has 0 spiro atoms. The summed E-state index contributed by atoms with van der Waals surface area (Å²) >= 11 is 0. The molecule has 1 atom stereocenters. The van der Waals surface area contributed by atoms with Gasteiger partial charge in [-0.3, -0.25) is 4.79 Å². The third-order valence-corrected chi connectivity index (χ3v) is 3.01. The maximum Gasteiger partial charge on any atom is 0.346 e. The van der Waals surface area contributed by atoms with E-state index in [0.29, 0.717) is 19.6 Å². The molecule has 19 heavy (non-hydrogen) atoms. The van der Waals surface area contributed by atoms with Crippen LogP contribution in [0.4, 0.5) is 0 Å². The Bertz CT molecular complexity index is 304. The normalized spacial score (nSPS) is 20.5. The van der Waals surface area contributed by atoms with Crippen molar-refractivity contribution in [2.24, 2.45) is 5.41 Å². The molecule has 0 N–H and O–H groups in total. The summed E-state index contributed by atoms with van der Waals surface area (Å²) in [5, 5.41) is 0. The smallest absolute Gasteiger partial charge is 0.346 e. The quantitative estimate of drug-likeness (QED) is 0.703. The fourth-order valence-electron chi connectivity index (χ4n) is 1.32. The van der Waals surface area contributed by atoms with Crippen LogP contribution in [-0.2, 0) is 28.5 Å². The van der Waals surface area contributed by atoms with E-state index < -0.39 is 30.3 Å². The summed E-state index contributed by atoms with van der Waals surface area (Å²) in [6, 6.07) is 0. The summed E-state index contributed by atoms with van der Waals surface area (Å²) < 4.78 is 20.4. The average molecular weight is 274 g/mol. The van der Waals surface area contributed by atoms with E-state index in [1.54, 1.807) is 13.8 Å². The van der Waals surface area contributed by atoms with Gasteiger partial charge in [-0.15, -0.1) is 0 Å². The molecule has 6 nitrogen and oxygen atoms in total. The number of rotatable bonds is 5. The zero-order chi connectivity index (χ0) is 14.3. The first-order valence-corrected chi connectivity index (χ1v) is 6.52. The standard InChI is InChI=1S/C13H22O6/c1-4-13(2,3)12(15)18-8-10(14)19-11-9-16-6-5-7-17-11/h11H,4-9H2,1-3H3. The van der Waals surface area contributed by atoms with Gasteiger partial charge in [0.2, 0.25) is 6.29 Å². The van der Waals surface area contributed by atoms with E-state index in [1.165, 1.54) is 0 Å². The molecule has 1 unspecified atom stereocenters. The Labute approximate surface area is 113 Å². The molecule has 0 saturated carbocycles. The molecule has 0 aromatic carbocycles. The van der Waals surface area contributed by atoms with Crippen LogP contribution in [0.1, 0.15) is 33.6 Å². The molecule has 0 aromatic rings. The maximum atomic E-state index is 11.7. The molecule has 0 radical (unpaired) electrons. The molecule has 0 bridgehead atoms. The first-order valence-electron chi connectivity index (χ1n) is 6.52. The van der Waals surface area contributed by atoms with Crippen LogP contribution in [0.15, 0.2) is 0 Å². The predicted molar refractivity (Wildman–Crippen MR) is 66.3 cm³/mol. The second-order valence-electron chi connectivity index (χ2n) is 5.03. The molecule has 1 aliphatic rings. The molecule has 1 fully saturated rings. The van der Waals surface area contributed by atoms with Crippen LogP contribution in [0.5, 0.6) is 0 Å². The minimum atomic E-state index is -0.715. The highest BCUT2D eigenvalue weighted by Crippen LogP contribution is 2.21. The number of carbonyl (C=O) groups is 2. The van der Waals surface area contributed by atoms with Gasteiger partial charge in [-0.25, -0.2) is 4.79 Å². The molecular weight excluding hydrogens is 252 g/mol. The predicted octanol–water partition coefficient (Wildman–Crippen LogP) is 1.27. The van der Waals surface area contributed by atoms with Crippen molar-refractivity contribution in [1.82, 2.24) is 0 Å². The van der Waals surface area contributed by atoms with E-state index in [-0.39, 0.29) is 6.61 Å². The van der Waals surface area contributed by atoms with Crippen molar-refractivity contribution in [3.05, 3.63) is 0 Å². The molecule has 0 aromatic heterocycles. The minimum Gasteiger partial charge on any atom is -0.453 e. The molecule has 6 heteroatoms. The second kappa shape index (κ2) is 7.45. The fourth-order valence-corrected chi connectivity index (χ4v) is 1.32. The molecular formula is C13H22O6. The summed E-state index contributed by atoms with van der Waals surface area (Å²) in [7, 11) is 0. The van der Waals surface area contributed by atoms with E-state index in [9.17, 15) is 9.59 Å². The Morgan fingerprint density at radius 1 is 1.32 bits per heavy atom. The fraction of sp³-hybridized carbons (Fsp3) is 0.846. The van der Waals surface area contributed by atoms with Crippen LogP contribution in [-0.4, -0.2) is 44.7 Å². The monoisotopic (exact) mass is 274 g/mol. The van der Waals surface area contributed by atoms with Gasteiger partial charge in [0.1, 0.15) is 6.61 Å². The maximum absolute atomic E-state index is 11.7. The van der Waals surface area contributed by atoms with E-state index in [4.69, 9.17) is 18.9 Å². The Kier molecular flexibility index (Phi) is 6.24. The van der Waals surface area contributed by atoms with E-state index in [1.807, 2.05) is 6.92 Å². The van der Waals surface area contributed by atoms with E-state index >= 15 is 0 Å². The highest BCUT2D eigenvalue weighted by molar-refractivity contribution is 5.79. The van der Waals surface area contributed by atoms with E-state index in [0.717, 1.165) is 6.42 Å². The van der Waals surface area contributed by atoms with Crippen molar-refractivity contribution in [2.75, 3.05) is 26.4 Å². The number of esters is 2. The number of hydrogen-bond donors (Lipinski definition) is 0. The van der Waals surface area contributed by atoms with Gasteiger partial charge in [0.15, 0.2) is 6.61 Å². The molecule has 1 aliphatic heterocycles. The summed E-state index contributed by atoms with van der Waals surface area (Å²) in [4.78, 5) is 23.2. The third-order valence-electron chi connectivity index (χ3n) is 3.01. The summed E-state index contributed by atoms with van der Waals surface area (Å²) in [5.41, 5.74) is -0.595. The van der Waals surface area contributed by atoms with Crippen molar-refractivity contribution < 1.29 is 28.5 Å². The number of hydrogen-bond acceptors (Lipinski definition) is 6. The zero-order valence-corrected chi connectivity index (χ0v) is 11.8. The van der Waals surface area contributed by atoms with Crippen LogP contribution in [0.3, 0.4) is 0 Å². The van der Waals surface area contributed by atoms with Crippen molar-refractivity contribution in [3.63, 3.8) is 0 Å². The van der Waals surface area contributed by atoms with Gasteiger partial charge in [0.25, 0.3) is 0 Å². The van der Waals surface area contributed by atoms with Crippen molar-refractivity contribution in [1.29, 1.82) is 0 Å².